The van der Waals surface area contributed by atoms with Gasteiger partial charge in [0.1, 0.15) is 0 Å². The lowest BCUT2D eigenvalue weighted by molar-refractivity contribution is -0.125. The van der Waals surface area contributed by atoms with Gasteiger partial charge in [-0.2, -0.15) is 0 Å². The lowest BCUT2D eigenvalue weighted by Crippen LogP contribution is -2.45. The highest BCUT2D eigenvalue weighted by molar-refractivity contribution is 5.82. The molecule has 1 amide bonds. The van der Waals surface area contributed by atoms with E-state index in [1.165, 1.54) is 0 Å². The molecule has 0 radical (unpaired) electrons. The summed E-state index contributed by atoms with van der Waals surface area (Å²) in [5.41, 5.74) is 6.63. The predicted molar refractivity (Wildman–Crippen MR) is 74.3 cm³/mol. The van der Waals surface area contributed by atoms with Gasteiger partial charge in [-0.15, -0.1) is 0 Å². The summed E-state index contributed by atoms with van der Waals surface area (Å²) in [5, 5.41) is 2.99. The van der Waals surface area contributed by atoms with Crippen LogP contribution in [0.25, 0.3) is 0 Å². The summed E-state index contributed by atoms with van der Waals surface area (Å²) in [5.74, 6) is 0.529. The van der Waals surface area contributed by atoms with Gasteiger partial charge in [0, 0.05) is 25.8 Å². The van der Waals surface area contributed by atoms with Crippen LogP contribution in [0, 0.1) is 5.92 Å². The van der Waals surface area contributed by atoms with Crippen molar-refractivity contribution in [2.24, 2.45) is 11.7 Å². The van der Waals surface area contributed by atoms with E-state index < -0.39 is 0 Å². The van der Waals surface area contributed by atoms with Gasteiger partial charge in [0.05, 0.1) is 11.7 Å². The molecule has 0 spiro atoms. The number of amides is 1. The maximum Gasteiger partial charge on any atom is 0.237 e. The zero-order valence-corrected chi connectivity index (χ0v) is 11.4. The van der Waals surface area contributed by atoms with Crippen LogP contribution >= 0.6 is 0 Å². The summed E-state index contributed by atoms with van der Waals surface area (Å²) in [4.78, 5) is 18.7. The Kier molecular flexibility index (Phi) is 4.87. The van der Waals surface area contributed by atoms with Crippen molar-refractivity contribution in [3.05, 3.63) is 30.1 Å². The number of hydrogen-bond acceptors (Lipinski definition) is 4. The quantitative estimate of drug-likeness (QED) is 0.822. The van der Waals surface area contributed by atoms with Crippen LogP contribution in [0.4, 0.5) is 0 Å². The molecule has 0 aromatic carbocycles. The van der Waals surface area contributed by atoms with Crippen LogP contribution in [0.3, 0.4) is 0 Å². The fraction of sp³-hybridized carbons (Fsp3) is 0.571. The minimum Gasteiger partial charge on any atom is -0.354 e. The van der Waals surface area contributed by atoms with Crippen LogP contribution in [0.15, 0.2) is 24.4 Å². The highest BCUT2D eigenvalue weighted by atomic mass is 16.2. The standard InChI is InChI=1S/C14H22N4O/c1-11-8-17-14(19)13(5-6-15)18(9-11)10-12-4-2-3-7-16-12/h2-4,7,11,13H,5-6,8-10,15H2,1H3,(H,17,19). The van der Waals surface area contributed by atoms with Gasteiger partial charge in [-0.25, -0.2) is 0 Å². The fourth-order valence-corrected chi connectivity index (χ4v) is 2.50. The Morgan fingerprint density at radius 2 is 2.37 bits per heavy atom. The second-order valence-corrected chi connectivity index (χ2v) is 5.19. The average Bonchev–Trinajstić information content (AvgIpc) is 2.54. The van der Waals surface area contributed by atoms with Crippen molar-refractivity contribution in [1.82, 2.24) is 15.2 Å². The summed E-state index contributed by atoms with van der Waals surface area (Å²) in [6.07, 6.45) is 2.47. The van der Waals surface area contributed by atoms with E-state index in [1.54, 1.807) is 6.20 Å². The molecule has 0 aliphatic carbocycles. The molecule has 2 unspecified atom stereocenters. The Labute approximate surface area is 114 Å². The molecule has 1 aliphatic rings. The van der Waals surface area contributed by atoms with Gasteiger partial charge in [0.2, 0.25) is 5.91 Å². The van der Waals surface area contributed by atoms with Crippen molar-refractivity contribution >= 4 is 5.91 Å². The Morgan fingerprint density at radius 1 is 1.53 bits per heavy atom. The summed E-state index contributed by atoms with van der Waals surface area (Å²) in [6.45, 7) is 4.99. The molecule has 1 aromatic heterocycles. The minimum absolute atomic E-state index is 0.0886. The Bertz CT molecular complexity index is 409. The van der Waals surface area contributed by atoms with E-state index in [9.17, 15) is 4.79 Å². The normalized spacial score (nSPS) is 24.8. The summed E-state index contributed by atoms with van der Waals surface area (Å²) < 4.78 is 0. The third-order valence-corrected chi connectivity index (χ3v) is 3.45. The van der Waals surface area contributed by atoms with Gasteiger partial charge in [-0.1, -0.05) is 13.0 Å². The number of pyridine rings is 1. The zero-order valence-electron chi connectivity index (χ0n) is 11.4. The van der Waals surface area contributed by atoms with Gasteiger partial charge in [0.15, 0.2) is 0 Å². The summed E-state index contributed by atoms with van der Waals surface area (Å²) >= 11 is 0. The topological polar surface area (TPSA) is 71.2 Å². The first-order valence-electron chi connectivity index (χ1n) is 6.82. The smallest absolute Gasteiger partial charge is 0.237 e. The third-order valence-electron chi connectivity index (χ3n) is 3.45. The van der Waals surface area contributed by atoms with Crippen molar-refractivity contribution in [1.29, 1.82) is 0 Å². The maximum absolute atomic E-state index is 12.1. The molecule has 1 aliphatic heterocycles. The highest BCUT2D eigenvalue weighted by Gasteiger charge is 2.29. The number of nitrogens with one attached hydrogen (secondary N) is 1. The number of aromatic nitrogens is 1. The monoisotopic (exact) mass is 262 g/mol. The second kappa shape index (κ2) is 6.63. The van der Waals surface area contributed by atoms with Gasteiger partial charge >= 0.3 is 0 Å². The van der Waals surface area contributed by atoms with Gasteiger partial charge in [0.25, 0.3) is 0 Å². The van der Waals surface area contributed by atoms with Crippen molar-refractivity contribution in [2.75, 3.05) is 19.6 Å². The van der Waals surface area contributed by atoms with Crippen LogP contribution in [0.2, 0.25) is 0 Å². The summed E-state index contributed by atoms with van der Waals surface area (Å²) in [7, 11) is 0. The minimum atomic E-state index is -0.142. The molecule has 3 N–H and O–H groups in total. The number of nitrogens with two attached hydrogens (primary N) is 1. The number of carbonyl (C=O) groups is 1. The first kappa shape index (κ1) is 14.0. The molecule has 2 heterocycles. The molecular formula is C14H22N4O. The van der Waals surface area contributed by atoms with E-state index in [0.29, 0.717) is 25.4 Å². The van der Waals surface area contributed by atoms with Crippen molar-refractivity contribution in [2.45, 2.75) is 25.9 Å². The van der Waals surface area contributed by atoms with Gasteiger partial charge in [-0.3, -0.25) is 14.7 Å². The van der Waals surface area contributed by atoms with Crippen LogP contribution in [0.1, 0.15) is 19.0 Å². The van der Waals surface area contributed by atoms with E-state index in [0.717, 1.165) is 18.8 Å². The van der Waals surface area contributed by atoms with Crippen LogP contribution in [-0.2, 0) is 11.3 Å². The van der Waals surface area contributed by atoms with Gasteiger partial charge in [-0.05, 0) is 31.0 Å². The molecule has 1 aromatic rings. The fourth-order valence-electron chi connectivity index (χ4n) is 2.50. The lowest BCUT2D eigenvalue weighted by atomic mass is 10.1. The molecule has 19 heavy (non-hydrogen) atoms. The molecule has 104 valence electrons. The molecule has 0 saturated carbocycles. The van der Waals surface area contributed by atoms with E-state index in [4.69, 9.17) is 5.73 Å². The van der Waals surface area contributed by atoms with Gasteiger partial charge < -0.3 is 11.1 Å². The van der Waals surface area contributed by atoms with Crippen LogP contribution in [0.5, 0.6) is 0 Å². The molecule has 0 bridgehead atoms. The number of nitrogens with zero attached hydrogens (tertiary/aromatic N) is 2. The number of rotatable bonds is 4. The molecule has 2 atom stereocenters. The number of carbonyl (C=O) groups excluding carboxylic acids is 1. The number of hydrogen-bond donors (Lipinski definition) is 2. The Morgan fingerprint density at radius 3 is 3.05 bits per heavy atom. The first-order chi connectivity index (χ1) is 9.20. The SMILES string of the molecule is CC1CNC(=O)C(CCN)N(Cc2ccccn2)C1. The molecule has 1 fully saturated rings. The highest BCUT2D eigenvalue weighted by Crippen LogP contribution is 2.15. The van der Waals surface area contributed by atoms with Crippen molar-refractivity contribution in [3.8, 4) is 0 Å². The largest absolute Gasteiger partial charge is 0.354 e. The molecule has 5 heteroatoms. The zero-order chi connectivity index (χ0) is 13.7. The maximum atomic E-state index is 12.1. The summed E-state index contributed by atoms with van der Waals surface area (Å²) in [6, 6.07) is 5.73. The lowest BCUT2D eigenvalue weighted by Gasteiger charge is -2.28. The molecule has 5 nitrogen and oxygen atoms in total. The van der Waals surface area contributed by atoms with E-state index in [-0.39, 0.29) is 11.9 Å². The second-order valence-electron chi connectivity index (χ2n) is 5.19. The molecule has 2 rings (SSSR count). The average molecular weight is 262 g/mol. The molecule has 1 saturated heterocycles. The van der Waals surface area contributed by atoms with E-state index in [2.05, 4.69) is 22.1 Å². The molecular weight excluding hydrogens is 240 g/mol. The van der Waals surface area contributed by atoms with Crippen LogP contribution < -0.4 is 11.1 Å². The van der Waals surface area contributed by atoms with Crippen molar-refractivity contribution < 1.29 is 4.79 Å². The Hall–Kier alpha value is -1.46. The predicted octanol–water partition coefficient (Wildman–Crippen LogP) is 0.367. The third kappa shape index (κ3) is 3.75. The van der Waals surface area contributed by atoms with E-state index >= 15 is 0 Å². The van der Waals surface area contributed by atoms with E-state index in [1.807, 2.05) is 18.2 Å². The van der Waals surface area contributed by atoms with Crippen molar-refractivity contribution in [3.63, 3.8) is 0 Å². The van der Waals surface area contributed by atoms with Crippen LogP contribution in [-0.4, -0.2) is 41.5 Å². The first-order valence-corrected chi connectivity index (χ1v) is 6.82. The Balaban J connectivity index is 2.14.